The van der Waals surface area contributed by atoms with Crippen LogP contribution in [0.1, 0.15) is 27.3 Å². The van der Waals surface area contributed by atoms with Gasteiger partial charge in [0.1, 0.15) is 17.2 Å². The molecule has 2 N–H and O–H groups in total. The molecule has 0 fully saturated rings. The van der Waals surface area contributed by atoms with E-state index >= 15 is 0 Å². The molecule has 0 saturated heterocycles. The Kier molecular flexibility index (Phi) is 6.32. The van der Waals surface area contributed by atoms with Crippen LogP contribution >= 0.6 is 11.6 Å². The zero-order chi connectivity index (χ0) is 21.8. The number of hydrazone groups is 1. The summed E-state index contributed by atoms with van der Waals surface area (Å²) < 4.78 is 12.5. The van der Waals surface area contributed by atoms with Crippen molar-refractivity contribution < 1.29 is 19.4 Å². The summed E-state index contributed by atoms with van der Waals surface area (Å²) in [7, 11) is 3.08. The van der Waals surface area contributed by atoms with Crippen LogP contribution in [0, 0.1) is 13.8 Å². The maximum absolute atomic E-state index is 12.3. The van der Waals surface area contributed by atoms with E-state index in [1.165, 1.54) is 19.2 Å². The van der Waals surface area contributed by atoms with Crippen LogP contribution in [0.5, 0.6) is 17.2 Å². The van der Waals surface area contributed by atoms with Crippen molar-refractivity contribution in [3.8, 4) is 22.9 Å². The Labute approximate surface area is 179 Å². The van der Waals surface area contributed by atoms with Crippen LogP contribution in [0.4, 0.5) is 0 Å². The van der Waals surface area contributed by atoms with Gasteiger partial charge in [0.15, 0.2) is 0 Å². The van der Waals surface area contributed by atoms with E-state index in [1.54, 1.807) is 25.5 Å². The number of aryl methyl sites for hydroxylation is 1. The van der Waals surface area contributed by atoms with Crippen LogP contribution in [0.3, 0.4) is 0 Å². The van der Waals surface area contributed by atoms with E-state index in [4.69, 9.17) is 21.1 Å². The van der Waals surface area contributed by atoms with E-state index in [9.17, 15) is 9.90 Å². The average molecular weight is 428 g/mol. The lowest BCUT2D eigenvalue weighted by atomic mass is 10.2. The van der Waals surface area contributed by atoms with Crippen molar-refractivity contribution in [2.24, 2.45) is 5.10 Å². The first kappa shape index (κ1) is 21.3. The second-order valence-electron chi connectivity index (χ2n) is 6.56. The minimum Gasteiger partial charge on any atom is -0.507 e. The van der Waals surface area contributed by atoms with Gasteiger partial charge < -0.3 is 19.1 Å². The molecule has 0 spiro atoms. The molecule has 8 heteroatoms. The summed E-state index contributed by atoms with van der Waals surface area (Å²) in [5.41, 5.74) is 6.01. The second-order valence-corrected chi connectivity index (χ2v) is 7.00. The molecule has 3 aromatic rings. The molecule has 2 aromatic carbocycles. The fourth-order valence-electron chi connectivity index (χ4n) is 3.18. The Morgan fingerprint density at radius 1 is 1.13 bits per heavy atom. The molecule has 1 heterocycles. The van der Waals surface area contributed by atoms with Crippen LogP contribution in [0.2, 0.25) is 5.02 Å². The number of hydrogen-bond acceptors (Lipinski definition) is 5. The predicted octanol–water partition coefficient (Wildman–Crippen LogP) is 4.23. The highest BCUT2D eigenvalue weighted by molar-refractivity contribution is 6.30. The molecule has 0 atom stereocenters. The highest BCUT2D eigenvalue weighted by Crippen LogP contribution is 2.30. The van der Waals surface area contributed by atoms with Gasteiger partial charge in [0.2, 0.25) is 0 Å². The first-order chi connectivity index (χ1) is 14.3. The third-order valence-corrected chi connectivity index (χ3v) is 4.91. The molecular formula is C22H22ClN3O4. The Balaban J connectivity index is 1.83. The third-order valence-electron chi connectivity index (χ3n) is 4.67. The SMILES string of the molecule is COc1ccc(C(=O)N/N=C\c2cc(C)n(-c3cc(Cl)ccc3OC)c2C)c(O)c1. The van der Waals surface area contributed by atoms with Crippen molar-refractivity contribution >= 4 is 23.7 Å². The molecule has 0 bridgehead atoms. The largest absolute Gasteiger partial charge is 0.507 e. The van der Waals surface area contributed by atoms with Crippen molar-refractivity contribution in [2.45, 2.75) is 13.8 Å². The van der Waals surface area contributed by atoms with E-state index in [2.05, 4.69) is 10.5 Å². The number of hydrogen-bond donors (Lipinski definition) is 2. The van der Waals surface area contributed by atoms with Gasteiger partial charge in [-0.3, -0.25) is 4.79 Å². The Morgan fingerprint density at radius 2 is 1.90 bits per heavy atom. The van der Waals surface area contributed by atoms with Gasteiger partial charge in [-0.2, -0.15) is 5.10 Å². The molecular weight excluding hydrogens is 406 g/mol. The standard InChI is InChI=1S/C22H22ClN3O4/c1-13-9-15(14(2)26(13)19-10-16(23)5-8-21(19)30-4)12-24-25-22(28)18-7-6-17(29-3)11-20(18)27/h5-12,27H,1-4H3,(H,25,28)/b24-12-. The molecule has 0 radical (unpaired) electrons. The maximum atomic E-state index is 12.3. The summed E-state index contributed by atoms with van der Waals surface area (Å²) in [5, 5.41) is 14.6. The highest BCUT2D eigenvalue weighted by atomic mass is 35.5. The number of halogens is 1. The van der Waals surface area contributed by atoms with Gasteiger partial charge in [-0.05, 0) is 50.2 Å². The number of rotatable bonds is 6. The molecule has 1 aromatic heterocycles. The first-order valence-corrected chi connectivity index (χ1v) is 9.46. The molecule has 156 valence electrons. The number of ether oxygens (including phenoxy) is 2. The molecule has 7 nitrogen and oxygen atoms in total. The third kappa shape index (κ3) is 4.26. The van der Waals surface area contributed by atoms with E-state index in [0.29, 0.717) is 16.5 Å². The van der Waals surface area contributed by atoms with Gasteiger partial charge in [-0.15, -0.1) is 0 Å². The highest BCUT2D eigenvalue weighted by Gasteiger charge is 2.15. The maximum Gasteiger partial charge on any atom is 0.275 e. The second kappa shape index (κ2) is 8.92. The fraction of sp³-hybridized carbons (Fsp3) is 0.182. The van der Waals surface area contributed by atoms with Crippen LogP contribution in [-0.4, -0.2) is 36.0 Å². The van der Waals surface area contributed by atoms with Gasteiger partial charge in [0.25, 0.3) is 5.91 Å². The minimum atomic E-state index is -0.531. The van der Waals surface area contributed by atoms with E-state index in [0.717, 1.165) is 22.6 Å². The van der Waals surface area contributed by atoms with Crippen LogP contribution in [0.15, 0.2) is 47.6 Å². The minimum absolute atomic E-state index is 0.0992. The van der Waals surface area contributed by atoms with Crippen molar-refractivity contribution in [1.82, 2.24) is 9.99 Å². The van der Waals surface area contributed by atoms with Crippen molar-refractivity contribution in [1.29, 1.82) is 0 Å². The lowest BCUT2D eigenvalue weighted by Crippen LogP contribution is -2.17. The normalized spacial score (nSPS) is 11.0. The fourth-order valence-corrected chi connectivity index (χ4v) is 3.34. The van der Waals surface area contributed by atoms with Crippen LogP contribution in [0.25, 0.3) is 5.69 Å². The van der Waals surface area contributed by atoms with E-state index in [-0.39, 0.29) is 11.3 Å². The molecule has 0 aliphatic heterocycles. The first-order valence-electron chi connectivity index (χ1n) is 9.09. The number of aromatic hydroxyl groups is 1. The Morgan fingerprint density at radius 3 is 2.57 bits per heavy atom. The molecule has 3 rings (SSSR count). The number of methoxy groups -OCH3 is 2. The summed E-state index contributed by atoms with van der Waals surface area (Å²) in [6.07, 6.45) is 1.55. The lowest BCUT2D eigenvalue weighted by Gasteiger charge is -2.14. The lowest BCUT2D eigenvalue weighted by molar-refractivity contribution is 0.0952. The number of aromatic nitrogens is 1. The van der Waals surface area contributed by atoms with Crippen molar-refractivity contribution in [2.75, 3.05) is 14.2 Å². The number of carbonyl (C=O) groups is 1. The molecule has 1 amide bonds. The topological polar surface area (TPSA) is 85.1 Å². The molecule has 0 aliphatic carbocycles. The summed E-state index contributed by atoms with van der Waals surface area (Å²) in [6, 6.07) is 11.8. The van der Waals surface area contributed by atoms with Gasteiger partial charge >= 0.3 is 0 Å². The summed E-state index contributed by atoms with van der Waals surface area (Å²) >= 11 is 6.17. The number of nitrogens with zero attached hydrogens (tertiary/aromatic N) is 2. The number of carbonyl (C=O) groups excluding carboxylic acids is 1. The molecule has 0 unspecified atom stereocenters. The molecule has 30 heavy (non-hydrogen) atoms. The monoisotopic (exact) mass is 427 g/mol. The average Bonchev–Trinajstić information content (AvgIpc) is 3.00. The quantitative estimate of drug-likeness (QED) is 0.455. The zero-order valence-corrected chi connectivity index (χ0v) is 17.8. The number of phenolic OH excluding ortho intramolecular Hbond substituents is 1. The van der Waals surface area contributed by atoms with Gasteiger partial charge in [-0.1, -0.05) is 11.6 Å². The molecule has 0 saturated carbocycles. The van der Waals surface area contributed by atoms with Crippen molar-refractivity contribution in [3.63, 3.8) is 0 Å². The van der Waals surface area contributed by atoms with Gasteiger partial charge in [-0.25, -0.2) is 5.43 Å². The predicted molar refractivity (Wildman–Crippen MR) is 117 cm³/mol. The molecule has 0 aliphatic rings. The summed E-state index contributed by atoms with van der Waals surface area (Å²) in [5.74, 6) is 0.425. The van der Waals surface area contributed by atoms with Crippen molar-refractivity contribution in [3.05, 3.63) is 70.0 Å². The Bertz CT molecular complexity index is 1120. The number of benzene rings is 2. The zero-order valence-electron chi connectivity index (χ0n) is 17.1. The van der Waals surface area contributed by atoms with E-state index in [1.807, 2.05) is 36.6 Å². The van der Waals surface area contributed by atoms with Crippen LogP contribution in [-0.2, 0) is 0 Å². The summed E-state index contributed by atoms with van der Waals surface area (Å²) in [4.78, 5) is 12.3. The number of phenols is 1. The number of amides is 1. The van der Waals surface area contributed by atoms with Gasteiger partial charge in [0.05, 0.1) is 31.7 Å². The van der Waals surface area contributed by atoms with Crippen LogP contribution < -0.4 is 14.9 Å². The van der Waals surface area contributed by atoms with Gasteiger partial charge in [0, 0.05) is 28.0 Å². The summed E-state index contributed by atoms with van der Waals surface area (Å²) in [6.45, 7) is 3.89. The Hall–Kier alpha value is -3.45. The smallest absolute Gasteiger partial charge is 0.275 e. The van der Waals surface area contributed by atoms with E-state index < -0.39 is 5.91 Å². The number of nitrogens with one attached hydrogen (secondary N) is 1.